The average molecular weight is 387 g/mol. The number of ether oxygens (including phenoxy) is 1. The van der Waals surface area contributed by atoms with Gasteiger partial charge in [0.25, 0.3) is 0 Å². The van der Waals surface area contributed by atoms with E-state index in [9.17, 15) is 15.5 Å². The minimum absolute atomic E-state index is 0.0921. The molecule has 1 aliphatic rings. The standard InChI is InChI=1S/C21H23ClN2O3/c22-19-7-3-9-21(18(19)12-23)27-14-17(25)13-24-10-4-6-16(24)11-15-5-1-2-8-20(15)26/h1-3,5,7-9,16-17,25-26H,4,6,10-11,13-14H2/t16?,17-/m1/s1. The Morgan fingerprint density at radius 2 is 2.07 bits per heavy atom. The molecule has 0 saturated carbocycles. The summed E-state index contributed by atoms with van der Waals surface area (Å²) in [6.45, 7) is 1.49. The monoisotopic (exact) mass is 386 g/mol. The largest absolute Gasteiger partial charge is 0.508 e. The molecular formula is C21H23ClN2O3. The number of aliphatic hydroxyl groups is 1. The van der Waals surface area contributed by atoms with Gasteiger partial charge < -0.3 is 14.9 Å². The first-order valence-corrected chi connectivity index (χ1v) is 9.46. The number of likely N-dealkylation sites (tertiary alicyclic amines) is 1. The van der Waals surface area contributed by atoms with Crippen LogP contribution in [-0.2, 0) is 6.42 Å². The SMILES string of the molecule is N#Cc1c(Cl)cccc1OC[C@H](O)CN1CCCC1Cc1ccccc1O. The van der Waals surface area contributed by atoms with E-state index in [4.69, 9.17) is 16.3 Å². The summed E-state index contributed by atoms with van der Waals surface area (Å²) in [6.07, 6.45) is 2.18. The Bertz CT molecular complexity index is 821. The van der Waals surface area contributed by atoms with Crippen LogP contribution in [0.2, 0.25) is 5.02 Å². The maximum Gasteiger partial charge on any atom is 0.138 e. The van der Waals surface area contributed by atoms with Crippen LogP contribution in [0, 0.1) is 11.3 Å². The molecule has 6 heteroatoms. The molecule has 27 heavy (non-hydrogen) atoms. The first-order valence-electron chi connectivity index (χ1n) is 9.09. The molecule has 1 heterocycles. The number of phenols is 1. The van der Waals surface area contributed by atoms with Gasteiger partial charge in [0.05, 0.1) is 5.02 Å². The number of rotatable bonds is 7. The zero-order valence-corrected chi connectivity index (χ0v) is 15.8. The summed E-state index contributed by atoms with van der Waals surface area (Å²) >= 11 is 6.00. The van der Waals surface area contributed by atoms with Crippen LogP contribution in [0.25, 0.3) is 0 Å². The molecule has 1 aliphatic heterocycles. The second-order valence-electron chi connectivity index (χ2n) is 6.81. The van der Waals surface area contributed by atoms with Crippen molar-refractivity contribution in [2.75, 3.05) is 19.7 Å². The molecule has 2 aromatic rings. The van der Waals surface area contributed by atoms with Crippen molar-refractivity contribution in [3.8, 4) is 17.6 Å². The minimum atomic E-state index is -0.680. The van der Waals surface area contributed by atoms with Gasteiger partial charge >= 0.3 is 0 Å². The number of nitriles is 1. The van der Waals surface area contributed by atoms with Gasteiger partial charge in [-0.15, -0.1) is 0 Å². The molecule has 0 aliphatic carbocycles. The van der Waals surface area contributed by atoms with Crippen molar-refractivity contribution in [3.63, 3.8) is 0 Å². The summed E-state index contributed by atoms with van der Waals surface area (Å²) < 4.78 is 5.63. The van der Waals surface area contributed by atoms with Crippen LogP contribution < -0.4 is 4.74 Å². The number of nitrogens with zero attached hydrogens (tertiary/aromatic N) is 2. The molecule has 1 unspecified atom stereocenters. The van der Waals surface area contributed by atoms with E-state index in [1.165, 1.54) is 0 Å². The van der Waals surface area contributed by atoms with Crippen LogP contribution in [-0.4, -0.2) is 47.0 Å². The zero-order valence-electron chi connectivity index (χ0n) is 15.0. The number of benzene rings is 2. The van der Waals surface area contributed by atoms with Crippen molar-refractivity contribution in [3.05, 3.63) is 58.6 Å². The van der Waals surface area contributed by atoms with E-state index in [0.29, 0.717) is 23.1 Å². The lowest BCUT2D eigenvalue weighted by atomic mass is 10.0. The third kappa shape index (κ3) is 4.92. The van der Waals surface area contributed by atoms with Gasteiger partial charge in [-0.05, 0) is 49.6 Å². The predicted octanol–water partition coefficient (Wildman–Crippen LogP) is 3.36. The third-order valence-corrected chi connectivity index (χ3v) is 5.22. The fourth-order valence-electron chi connectivity index (χ4n) is 3.55. The highest BCUT2D eigenvalue weighted by Crippen LogP contribution is 2.27. The highest BCUT2D eigenvalue weighted by atomic mass is 35.5. The van der Waals surface area contributed by atoms with Gasteiger partial charge in [0.15, 0.2) is 0 Å². The molecule has 142 valence electrons. The fraction of sp³-hybridized carbons (Fsp3) is 0.381. The van der Waals surface area contributed by atoms with Crippen molar-refractivity contribution >= 4 is 11.6 Å². The quantitative estimate of drug-likeness (QED) is 0.763. The summed E-state index contributed by atoms with van der Waals surface area (Å²) in [5.74, 6) is 0.703. The lowest BCUT2D eigenvalue weighted by molar-refractivity contribution is 0.0638. The third-order valence-electron chi connectivity index (χ3n) is 4.91. The molecule has 0 amide bonds. The summed E-state index contributed by atoms with van der Waals surface area (Å²) in [5, 5.41) is 29.9. The van der Waals surface area contributed by atoms with E-state index in [-0.39, 0.29) is 18.2 Å². The molecule has 3 rings (SSSR count). The average Bonchev–Trinajstić information content (AvgIpc) is 3.08. The number of phenolic OH excluding ortho intramolecular Hbond substituents is 1. The molecule has 5 nitrogen and oxygen atoms in total. The number of β-amino-alcohol motifs (C(OH)–C–C–N with tert-alkyl or cyclic N) is 1. The van der Waals surface area contributed by atoms with Crippen LogP contribution in [0.15, 0.2) is 42.5 Å². The van der Waals surface area contributed by atoms with Crippen LogP contribution in [0.4, 0.5) is 0 Å². The van der Waals surface area contributed by atoms with E-state index < -0.39 is 6.10 Å². The van der Waals surface area contributed by atoms with E-state index in [0.717, 1.165) is 31.4 Å². The topological polar surface area (TPSA) is 76.7 Å². The van der Waals surface area contributed by atoms with Gasteiger partial charge in [0.1, 0.15) is 35.8 Å². The molecule has 0 bridgehead atoms. The normalized spacial score (nSPS) is 18.2. The lowest BCUT2D eigenvalue weighted by Gasteiger charge is -2.27. The predicted molar refractivity (Wildman–Crippen MR) is 104 cm³/mol. The molecular weight excluding hydrogens is 364 g/mol. The Hall–Kier alpha value is -2.26. The number of aliphatic hydroxyl groups excluding tert-OH is 1. The highest BCUT2D eigenvalue weighted by molar-refractivity contribution is 6.31. The second-order valence-corrected chi connectivity index (χ2v) is 7.22. The van der Waals surface area contributed by atoms with Crippen LogP contribution in [0.5, 0.6) is 11.5 Å². The van der Waals surface area contributed by atoms with Gasteiger partial charge in [0.2, 0.25) is 0 Å². The van der Waals surface area contributed by atoms with Gasteiger partial charge in [-0.1, -0.05) is 35.9 Å². The molecule has 0 radical (unpaired) electrons. The first-order chi connectivity index (χ1) is 13.1. The smallest absolute Gasteiger partial charge is 0.138 e. The number of hydrogen-bond acceptors (Lipinski definition) is 5. The van der Waals surface area contributed by atoms with E-state index >= 15 is 0 Å². The number of hydrogen-bond donors (Lipinski definition) is 2. The summed E-state index contributed by atoms with van der Waals surface area (Å²) in [7, 11) is 0. The van der Waals surface area contributed by atoms with Gasteiger partial charge in [-0.25, -0.2) is 0 Å². The van der Waals surface area contributed by atoms with Crippen LogP contribution in [0.3, 0.4) is 0 Å². The highest BCUT2D eigenvalue weighted by Gasteiger charge is 2.27. The zero-order chi connectivity index (χ0) is 19.2. The molecule has 0 aromatic heterocycles. The van der Waals surface area contributed by atoms with Crippen molar-refractivity contribution in [2.24, 2.45) is 0 Å². The lowest BCUT2D eigenvalue weighted by Crippen LogP contribution is -2.39. The first kappa shape index (κ1) is 19.5. The molecule has 2 N–H and O–H groups in total. The van der Waals surface area contributed by atoms with Crippen LogP contribution >= 0.6 is 11.6 Å². The van der Waals surface area contributed by atoms with Crippen molar-refractivity contribution in [2.45, 2.75) is 31.4 Å². The Morgan fingerprint density at radius 3 is 2.85 bits per heavy atom. The maximum absolute atomic E-state index is 10.4. The van der Waals surface area contributed by atoms with Crippen molar-refractivity contribution < 1.29 is 14.9 Å². The molecule has 2 aromatic carbocycles. The van der Waals surface area contributed by atoms with Crippen molar-refractivity contribution in [1.29, 1.82) is 5.26 Å². The van der Waals surface area contributed by atoms with Gasteiger partial charge in [-0.2, -0.15) is 5.26 Å². The van der Waals surface area contributed by atoms with Gasteiger partial charge in [0, 0.05) is 12.6 Å². The van der Waals surface area contributed by atoms with E-state index in [1.54, 1.807) is 24.3 Å². The second kappa shape index (κ2) is 9.09. The maximum atomic E-state index is 10.4. The van der Waals surface area contributed by atoms with E-state index in [1.807, 2.05) is 24.3 Å². The summed E-state index contributed by atoms with van der Waals surface area (Å²) in [5.41, 5.74) is 1.21. The molecule has 1 fully saturated rings. The summed E-state index contributed by atoms with van der Waals surface area (Å²) in [4.78, 5) is 2.24. The molecule has 1 saturated heterocycles. The Balaban J connectivity index is 1.56. The minimum Gasteiger partial charge on any atom is -0.508 e. The number of para-hydroxylation sites is 1. The number of aromatic hydroxyl groups is 1. The van der Waals surface area contributed by atoms with Gasteiger partial charge in [-0.3, -0.25) is 4.90 Å². The number of halogens is 1. The van der Waals surface area contributed by atoms with Crippen molar-refractivity contribution in [1.82, 2.24) is 4.90 Å². The van der Waals surface area contributed by atoms with E-state index in [2.05, 4.69) is 4.90 Å². The summed E-state index contributed by atoms with van der Waals surface area (Å²) in [6, 6.07) is 14.7. The molecule has 2 atom stereocenters. The van der Waals surface area contributed by atoms with Crippen LogP contribution in [0.1, 0.15) is 24.0 Å². The Kier molecular flexibility index (Phi) is 6.57. The Morgan fingerprint density at radius 1 is 1.26 bits per heavy atom. The Labute approximate surface area is 164 Å². The molecule has 0 spiro atoms. The fourth-order valence-corrected chi connectivity index (χ4v) is 3.75.